The molecular formula is C22H23F3N2O2S. The Labute approximate surface area is 177 Å². The Morgan fingerprint density at radius 2 is 1.67 bits per heavy atom. The van der Waals surface area contributed by atoms with Gasteiger partial charge in [0.25, 0.3) is 0 Å². The average molecular weight is 436 g/mol. The summed E-state index contributed by atoms with van der Waals surface area (Å²) in [6.45, 7) is 5.96. The van der Waals surface area contributed by atoms with Crippen molar-refractivity contribution in [3.63, 3.8) is 0 Å². The lowest BCUT2D eigenvalue weighted by atomic mass is 9.92. The number of nitrogens with zero attached hydrogens (tertiary/aromatic N) is 1. The van der Waals surface area contributed by atoms with Crippen LogP contribution in [0.1, 0.15) is 43.7 Å². The molecule has 1 aliphatic heterocycles. The topological polar surface area (TPSA) is 49.4 Å². The lowest BCUT2D eigenvalue weighted by Crippen LogP contribution is -2.27. The molecule has 1 saturated heterocycles. The lowest BCUT2D eigenvalue weighted by Gasteiger charge is -2.25. The van der Waals surface area contributed by atoms with Crippen molar-refractivity contribution in [2.24, 2.45) is 5.41 Å². The van der Waals surface area contributed by atoms with Crippen molar-refractivity contribution in [2.45, 2.75) is 38.7 Å². The van der Waals surface area contributed by atoms with Crippen LogP contribution in [0.2, 0.25) is 0 Å². The van der Waals surface area contributed by atoms with Crippen LogP contribution in [0.3, 0.4) is 0 Å². The maximum atomic E-state index is 12.8. The number of hydrogen-bond donors (Lipinski definition) is 1. The van der Waals surface area contributed by atoms with Gasteiger partial charge >= 0.3 is 6.18 Å². The molecule has 3 rings (SSSR count). The van der Waals surface area contributed by atoms with Crippen LogP contribution >= 0.6 is 11.8 Å². The number of anilines is 2. The van der Waals surface area contributed by atoms with Crippen molar-refractivity contribution in [1.29, 1.82) is 0 Å². The number of nitrogens with one attached hydrogen (secondary N) is 1. The first-order chi connectivity index (χ1) is 13.9. The van der Waals surface area contributed by atoms with Crippen molar-refractivity contribution in [3.8, 4) is 0 Å². The Kier molecular flexibility index (Phi) is 6.17. The normalized spacial score (nSPS) is 17.3. The number of thioether (sulfide) groups is 1. The van der Waals surface area contributed by atoms with Crippen LogP contribution in [0.15, 0.2) is 48.5 Å². The molecule has 1 aliphatic rings. The molecule has 1 heterocycles. The van der Waals surface area contributed by atoms with E-state index in [9.17, 15) is 22.8 Å². The molecule has 0 spiro atoms. The summed E-state index contributed by atoms with van der Waals surface area (Å²) in [5.74, 6) is 0.00909. The summed E-state index contributed by atoms with van der Waals surface area (Å²) in [4.78, 5) is 26.0. The fraction of sp³-hybridized carbons (Fsp3) is 0.364. The van der Waals surface area contributed by atoms with Crippen molar-refractivity contribution < 1.29 is 22.8 Å². The largest absolute Gasteiger partial charge is 0.416 e. The molecular weight excluding hydrogens is 413 g/mol. The van der Waals surface area contributed by atoms with Gasteiger partial charge in [0.2, 0.25) is 11.8 Å². The number of benzene rings is 2. The van der Waals surface area contributed by atoms with Gasteiger partial charge in [-0.2, -0.15) is 13.2 Å². The molecule has 30 heavy (non-hydrogen) atoms. The van der Waals surface area contributed by atoms with Crippen molar-refractivity contribution in [2.75, 3.05) is 16.0 Å². The Bertz CT molecular complexity index is 919. The van der Waals surface area contributed by atoms with Gasteiger partial charge in [-0.25, -0.2) is 0 Å². The van der Waals surface area contributed by atoms with E-state index in [2.05, 4.69) is 5.32 Å². The second kappa shape index (κ2) is 8.34. The predicted molar refractivity (Wildman–Crippen MR) is 113 cm³/mol. The highest BCUT2D eigenvalue weighted by molar-refractivity contribution is 8.00. The minimum absolute atomic E-state index is 0.0768. The first-order valence-electron chi connectivity index (χ1n) is 9.45. The van der Waals surface area contributed by atoms with Crippen LogP contribution < -0.4 is 10.2 Å². The van der Waals surface area contributed by atoms with E-state index in [-0.39, 0.29) is 28.4 Å². The molecule has 2 amide bonds. The van der Waals surface area contributed by atoms with Crippen LogP contribution in [0.5, 0.6) is 0 Å². The maximum absolute atomic E-state index is 12.8. The number of rotatable bonds is 4. The third kappa shape index (κ3) is 5.36. The number of hydrogen-bond acceptors (Lipinski definition) is 3. The van der Waals surface area contributed by atoms with Crippen molar-refractivity contribution >= 4 is 35.0 Å². The zero-order chi connectivity index (χ0) is 22.1. The van der Waals surface area contributed by atoms with Crippen LogP contribution in [0, 0.1) is 5.41 Å². The third-order valence-corrected chi connectivity index (χ3v) is 5.72. The van der Waals surface area contributed by atoms with E-state index >= 15 is 0 Å². The highest BCUT2D eigenvalue weighted by Crippen LogP contribution is 2.42. The molecule has 0 aliphatic carbocycles. The van der Waals surface area contributed by atoms with Gasteiger partial charge in [-0.3, -0.25) is 14.5 Å². The molecule has 8 heteroatoms. The summed E-state index contributed by atoms with van der Waals surface area (Å²) in [6.07, 6.45) is -4.03. The summed E-state index contributed by atoms with van der Waals surface area (Å²) in [5, 5.41) is 2.52. The quantitative estimate of drug-likeness (QED) is 0.653. The lowest BCUT2D eigenvalue weighted by molar-refractivity contribution is -0.137. The number of amides is 2. The molecule has 0 aromatic heterocycles. The van der Waals surface area contributed by atoms with Gasteiger partial charge in [-0.1, -0.05) is 32.9 Å². The fourth-order valence-corrected chi connectivity index (χ4v) is 4.36. The molecule has 160 valence electrons. The molecule has 0 unspecified atom stereocenters. The molecule has 1 N–H and O–H groups in total. The molecule has 0 radical (unpaired) electrons. The summed E-state index contributed by atoms with van der Waals surface area (Å²) < 4.78 is 38.5. The predicted octanol–water partition coefficient (Wildman–Crippen LogP) is 5.86. The molecule has 2 aromatic rings. The standard InChI is InChI=1S/C22H23F3N2O2S/c1-21(2,3)12-18(28)26-16-8-4-14(5-9-16)20-27(19(29)13-30-20)17-10-6-15(7-11-17)22(23,24)25/h4-11,20H,12-13H2,1-3H3,(H,26,28)/t20-/m1/s1. The summed E-state index contributed by atoms with van der Waals surface area (Å²) in [7, 11) is 0. The first kappa shape index (κ1) is 22.2. The Morgan fingerprint density at radius 1 is 1.07 bits per heavy atom. The van der Waals surface area contributed by atoms with Crippen molar-refractivity contribution in [1.82, 2.24) is 0 Å². The highest BCUT2D eigenvalue weighted by Gasteiger charge is 2.35. The van der Waals surface area contributed by atoms with Gasteiger partial charge < -0.3 is 5.32 Å². The zero-order valence-electron chi connectivity index (χ0n) is 16.9. The molecule has 0 bridgehead atoms. The smallest absolute Gasteiger partial charge is 0.326 e. The van der Waals surface area contributed by atoms with Crippen molar-refractivity contribution in [3.05, 3.63) is 59.7 Å². The van der Waals surface area contributed by atoms with Gasteiger partial charge in [0, 0.05) is 17.8 Å². The second-order valence-corrected chi connectivity index (χ2v) is 9.45. The number of carbonyl (C=O) groups excluding carboxylic acids is 2. The Morgan fingerprint density at radius 3 is 2.20 bits per heavy atom. The van der Waals surface area contributed by atoms with E-state index in [0.29, 0.717) is 17.8 Å². The van der Waals surface area contributed by atoms with Gasteiger partial charge in [-0.15, -0.1) is 11.8 Å². The first-order valence-corrected chi connectivity index (χ1v) is 10.5. The SMILES string of the molecule is CC(C)(C)CC(=O)Nc1ccc([C@H]2SCC(=O)N2c2ccc(C(F)(F)F)cc2)cc1. The van der Waals surface area contributed by atoms with E-state index in [1.54, 1.807) is 12.1 Å². The summed E-state index contributed by atoms with van der Waals surface area (Å²) in [5.41, 5.74) is 1.04. The molecule has 1 fully saturated rings. The van der Waals surface area contributed by atoms with E-state index in [1.165, 1.54) is 28.8 Å². The van der Waals surface area contributed by atoms with E-state index < -0.39 is 11.7 Å². The van der Waals surface area contributed by atoms with E-state index in [1.807, 2.05) is 32.9 Å². The Balaban J connectivity index is 1.76. The van der Waals surface area contributed by atoms with Crippen LogP contribution in [0.25, 0.3) is 0 Å². The minimum atomic E-state index is -4.42. The second-order valence-electron chi connectivity index (χ2n) is 8.38. The van der Waals surface area contributed by atoms with Gasteiger partial charge in [0.05, 0.1) is 11.3 Å². The van der Waals surface area contributed by atoms with Crippen LogP contribution in [-0.2, 0) is 15.8 Å². The van der Waals surface area contributed by atoms with Gasteiger partial charge in [0.1, 0.15) is 5.37 Å². The molecule has 1 atom stereocenters. The summed E-state index contributed by atoms with van der Waals surface area (Å²) >= 11 is 1.41. The zero-order valence-corrected chi connectivity index (χ0v) is 17.7. The highest BCUT2D eigenvalue weighted by atomic mass is 32.2. The molecule has 2 aromatic carbocycles. The number of carbonyl (C=O) groups is 2. The molecule has 0 saturated carbocycles. The fourth-order valence-electron chi connectivity index (χ4n) is 3.18. The van der Waals surface area contributed by atoms with Crippen LogP contribution in [0.4, 0.5) is 24.5 Å². The van der Waals surface area contributed by atoms with Gasteiger partial charge in [-0.05, 0) is 47.4 Å². The van der Waals surface area contributed by atoms with Gasteiger partial charge in [0.15, 0.2) is 0 Å². The average Bonchev–Trinajstić information content (AvgIpc) is 3.01. The molecule has 4 nitrogen and oxygen atoms in total. The monoisotopic (exact) mass is 436 g/mol. The number of halogens is 3. The minimum Gasteiger partial charge on any atom is -0.326 e. The maximum Gasteiger partial charge on any atom is 0.416 e. The third-order valence-electron chi connectivity index (χ3n) is 4.51. The van der Waals surface area contributed by atoms with E-state index in [0.717, 1.165) is 17.7 Å². The summed E-state index contributed by atoms with van der Waals surface area (Å²) in [6, 6.07) is 11.8. The van der Waals surface area contributed by atoms with E-state index in [4.69, 9.17) is 0 Å². The van der Waals surface area contributed by atoms with Crippen LogP contribution in [-0.4, -0.2) is 17.6 Å². The number of alkyl halides is 3. The Hall–Kier alpha value is -2.48.